The van der Waals surface area contributed by atoms with Gasteiger partial charge in [-0.3, -0.25) is 0 Å². The minimum atomic E-state index is -0.657. The average molecular weight is 296 g/mol. The summed E-state index contributed by atoms with van der Waals surface area (Å²) in [6.07, 6.45) is 4.05. The molecule has 1 unspecified atom stereocenters. The van der Waals surface area contributed by atoms with Crippen LogP contribution >= 0.6 is 0 Å². The zero-order valence-corrected chi connectivity index (χ0v) is 13.9. The van der Waals surface area contributed by atoms with E-state index in [0.29, 0.717) is 11.8 Å². The maximum absolute atomic E-state index is 6.27. The third-order valence-electron chi connectivity index (χ3n) is 7.26. The van der Waals surface area contributed by atoms with Gasteiger partial charge in [0.15, 0.2) is 11.9 Å². The first kappa shape index (κ1) is 14.4. The Bertz CT molecular complexity index is 464. The Balaban J connectivity index is 1.90. The van der Waals surface area contributed by atoms with Crippen LogP contribution in [0.15, 0.2) is 0 Å². The Hall–Kier alpha value is -0.160. The first-order valence-corrected chi connectivity index (χ1v) is 8.40. The van der Waals surface area contributed by atoms with E-state index in [4.69, 9.17) is 19.2 Å². The molecule has 4 saturated heterocycles. The van der Waals surface area contributed by atoms with E-state index in [9.17, 15) is 0 Å². The monoisotopic (exact) mass is 296 g/mol. The van der Waals surface area contributed by atoms with Crippen molar-refractivity contribution in [2.75, 3.05) is 6.61 Å². The minimum absolute atomic E-state index is 0.00572. The van der Waals surface area contributed by atoms with Crippen LogP contribution in [0.1, 0.15) is 60.3 Å². The van der Waals surface area contributed by atoms with E-state index in [-0.39, 0.29) is 17.1 Å². The summed E-state index contributed by atoms with van der Waals surface area (Å²) in [4.78, 5) is 12.0. The lowest BCUT2D eigenvalue weighted by molar-refractivity contribution is -0.581. The number of hydrogen-bond acceptors (Lipinski definition) is 4. The molecule has 4 heterocycles. The largest absolute Gasteiger partial charge is 0.349 e. The van der Waals surface area contributed by atoms with E-state index in [1.54, 1.807) is 0 Å². The van der Waals surface area contributed by atoms with Crippen molar-refractivity contribution >= 4 is 0 Å². The molecule has 0 N–H and O–H groups in total. The van der Waals surface area contributed by atoms with Crippen LogP contribution in [0.4, 0.5) is 0 Å². The van der Waals surface area contributed by atoms with E-state index in [1.807, 2.05) is 6.92 Å². The van der Waals surface area contributed by atoms with Gasteiger partial charge in [0.25, 0.3) is 0 Å². The van der Waals surface area contributed by atoms with E-state index < -0.39 is 11.4 Å². The summed E-state index contributed by atoms with van der Waals surface area (Å²) in [5.74, 6) is 0.394. The van der Waals surface area contributed by atoms with Crippen LogP contribution in [0.3, 0.4) is 0 Å². The summed E-state index contributed by atoms with van der Waals surface area (Å²) in [5.41, 5.74) is -0.416. The predicted molar refractivity (Wildman–Crippen MR) is 77.1 cm³/mol. The molecule has 2 bridgehead atoms. The third kappa shape index (κ3) is 1.55. The number of fused-ring (bicyclic) bond motifs is 2. The van der Waals surface area contributed by atoms with E-state index in [2.05, 4.69) is 27.7 Å². The van der Waals surface area contributed by atoms with Gasteiger partial charge in [0, 0.05) is 11.8 Å². The topological polar surface area (TPSA) is 36.9 Å². The van der Waals surface area contributed by atoms with Gasteiger partial charge in [-0.05, 0) is 43.4 Å². The van der Waals surface area contributed by atoms with E-state index >= 15 is 0 Å². The Labute approximate surface area is 127 Å². The fraction of sp³-hybridized carbons (Fsp3) is 1.00. The lowest BCUT2D eigenvalue weighted by Gasteiger charge is -2.67. The zero-order valence-electron chi connectivity index (χ0n) is 13.9. The molecule has 0 amide bonds. The third-order valence-corrected chi connectivity index (χ3v) is 7.26. The van der Waals surface area contributed by atoms with Crippen LogP contribution in [-0.2, 0) is 19.2 Å². The molecule has 0 aromatic carbocycles. The van der Waals surface area contributed by atoms with Crippen molar-refractivity contribution in [2.24, 2.45) is 22.7 Å². The van der Waals surface area contributed by atoms with Crippen molar-refractivity contribution in [3.8, 4) is 0 Å². The molecule has 0 aromatic rings. The van der Waals surface area contributed by atoms with Gasteiger partial charge in [-0.15, -0.1) is 0 Å². The highest BCUT2D eigenvalue weighted by Gasteiger charge is 2.74. The fourth-order valence-corrected chi connectivity index (χ4v) is 5.35. The van der Waals surface area contributed by atoms with Crippen LogP contribution in [0, 0.1) is 22.7 Å². The second kappa shape index (κ2) is 4.02. The molecule has 1 spiro atoms. The first-order chi connectivity index (χ1) is 9.74. The Morgan fingerprint density at radius 2 is 1.71 bits per heavy atom. The van der Waals surface area contributed by atoms with E-state index in [0.717, 1.165) is 25.9 Å². The quantitative estimate of drug-likeness (QED) is 0.639. The van der Waals surface area contributed by atoms with Crippen LogP contribution in [-0.4, -0.2) is 24.3 Å². The molecular weight excluding hydrogens is 268 g/mol. The minimum Gasteiger partial charge on any atom is -0.349 e. The molecule has 0 aromatic heterocycles. The molecule has 0 radical (unpaired) electrons. The van der Waals surface area contributed by atoms with Crippen LogP contribution < -0.4 is 0 Å². The highest BCUT2D eigenvalue weighted by molar-refractivity contribution is 5.17. The number of ether oxygens (including phenoxy) is 2. The Morgan fingerprint density at radius 1 is 0.952 bits per heavy atom. The maximum Gasteiger partial charge on any atom is 0.201 e. The molecule has 21 heavy (non-hydrogen) atoms. The molecule has 6 atom stereocenters. The second-order valence-corrected chi connectivity index (χ2v) is 8.73. The lowest BCUT2D eigenvalue weighted by atomic mass is 9.46. The van der Waals surface area contributed by atoms with Crippen molar-refractivity contribution in [1.29, 1.82) is 0 Å². The first-order valence-electron chi connectivity index (χ1n) is 8.40. The lowest BCUT2D eigenvalue weighted by Crippen LogP contribution is -2.75. The van der Waals surface area contributed by atoms with Gasteiger partial charge >= 0.3 is 0 Å². The summed E-state index contributed by atoms with van der Waals surface area (Å²) in [7, 11) is 0. The highest BCUT2D eigenvalue weighted by atomic mass is 17.3. The highest BCUT2D eigenvalue weighted by Crippen LogP contribution is 2.68. The maximum atomic E-state index is 6.27. The van der Waals surface area contributed by atoms with Gasteiger partial charge in [-0.2, -0.15) is 0 Å². The fourth-order valence-electron chi connectivity index (χ4n) is 5.35. The Kier molecular flexibility index (Phi) is 2.76. The smallest absolute Gasteiger partial charge is 0.201 e. The molecule has 4 nitrogen and oxygen atoms in total. The van der Waals surface area contributed by atoms with Crippen LogP contribution in [0.25, 0.3) is 0 Å². The molecule has 4 heteroatoms. The summed E-state index contributed by atoms with van der Waals surface area (Å²) in [6.45, 7) is 12.0. The van der Waals surface area contributed by atoms with Gasteiger partial charge in [0.05, 0.1) is 6.61 Å². The van der Waals surface area contributed by atoms with Crippen molar-refractivity contribution in [2.45, 2.75) is 78.0 Å². The molecule has 120 valence electrons. The molecule has 4 aliphatic heterocycles. The van der Waals surface area contributed by atoms with Crippen LogP contribution in [0.2, 0.25) is 0 Å². The van der Waals surface area contributed by atoms with E-state index in [1.165, 1.54) is 6.42 Å². The molecular formula is C17H28O4. The van der Waals surface area contributed by atoms with Crippen molar-refractivity contribution in [1.82, 2.24) is 0 Å². The second-order valence-electron chi connectivity index (χ2n) is 8.73. The summed E-state index contributed by atoms with van der Waals surface area (Å²) in [6, 6.07) is 0. The van der Waals surface area contributed by atoms with Crippen LogP contribution in [0.5, 0.6) is 0 Å². The molecule has 5 rings (SSSR count). The van der Waals surface area contributed by atoms with Crippen molar-refractivity contribution in [3.05, 3.63) is 0 Å². The standard InChI is InChI=1S/C17H28O4/c1-11-6-8-15(4)14(2,3)10-18-13-17(15)12(11)7-9-16(5,19-13)20-21-17/h11-13H,6-10H2,1-5H3/t11-,12?,13-,15+,16-,17+/m1/s1. The SMILES string of the molecule is C[C@@H]1CC[C@@]2(C)C(C)(C)CO[C@@H]3O[C@@]4(C)CCC1[C@]32OO4. The zero-order chi connectivity index (χ0) is 15.1. The van der Waals surface area contributed by atoms with Crippen molar-refractivity contribution in [3.63, 3.8) is 0 Å². The number of rotatable bonds is 0. The average Bonchev–Trinajstić information content (AvgIpc) is 2.65. The van der Waals surface area contributed by atoms with Gasteiger partial charge in [-0.1, -0.05) is 27.7 Å². The molecule has 5 aliphatic rings. The van der Waals surface area contributed by atoms with Gasteiger partial charge in [-0.25, -0.2) is 9.78 Å². The van der Waals surface area contributed by atoms with Gasteiger partial charge in [0.2, 0.25) is 5.79 Å². The summed E-state index contributed by atoms with van der Waals surface area (Å²) in [5, 5.41) is 0. The van der Waals surface area contributed by atoms with Crippen molar-refractivity contribution < 1.29 is 19.2 Å². The predicted octanol–water partition coefficient (Wildman–Crippen LogP) is 3.65. The molecule has 5 fully saturated rings. The molecule has 1 aliphatic carbocycles. The summed E-state index contributed by atoms with van der Waals surface area (Å²) >= 11 is 0. The van der Waals surface area contributed by atoms with Gasteiger partial charge in [0.1, 0.15) is 0 Å². The van der Waals surface area contributed by atoms with Gasteiger partial charge < -0.3 is 9.47 Å². The Morgan fingerprint density at radius 3 is 2.48 bits per heavy atom. The normalized spacial score (nSPS) is 58.4. The molecule has 1 saturated carbocycles. The number of hydrogen-bond donors (Lipinski definition) is 0. The summed E-state index contributed by atoms with van der Waals surface area (Å²) < 4.78 is 12.5.